The van der Waals surface area contributed by atoms with E-state index < -0.39 is 0 Å². The first-order valence-electron chi connectivity index (χ1n) is 5.96. The summed E-state index contributed by atoms with van der Waals surface area (Å²) in [5, 5.41) is 4.92. The molecule has 1 aromatic heterocycles. The predicted octanol–water partition coefficient (Wildman–Crippen LogP) is 2.68. The fourth-order valence-corrected chi connectivity index (χ4v) is 2.98. The van der Waals surface area contributed by atoms with Crippen molar-refractivity contribution in [1.29, 1.82) is 0 Å². The van der Waals surface area contributed by atoms with Crippen molar-refractivity contribution >= 4 is 22.9 Å². The van der Waals surface area contributed by atoms with E-state index in [-0.39, 0.29) is 11.9 Å². The Kier molecular flexibility index (Phi) is 2.89. The minimum Gasteiger partial charge on any atom is -0.326 e. The van der Waals surface area contributed by atoms with Crippen LogP contribution in [0.3, 0.4) is 0 Å². The van der Waals surface area contributed by atoms with Gasteiger partial charge in [-0.05, 0) is 35.1 Å². The van der Waals surface area contributed by atoms with E-state index in [0.717, 1.165) is 22.5 Å². The van der Waals surface area contributed by atoms with E-state index >= 15 is 0 Å². The second-order valence-corrected chi connectivity index (χ2v) is 5.44. The van der Waals surface area contributed by atoms with E-state index in [0.29, 0.717) is 6.42 Å². The lowest BCUT2D eigenvalue weighted by molar-refractivity contribution is -0.116. The molecule has 2 aromatic rings. The molecule has 0 bridgehead atoms. The molecule has 1 unspecified atom stereocenters. The normalized spacial score (nSPS) is 15.9. The first-order valence-corrected chi connectivity index (χ1v) is 6.83. The van der Waals surface area contributed by atoms with Crippen LogP contribution in [0.1, 0.15) is 28.5 Å². The molecule has 0 aliphatic carbocycles. The monoisotopic (exact) mass is 258 g/mol. The summed E-state index contributed by atoms with van der Waals surface area (Å²) in [7, 11) is 0. The lowest BCUT2D eigenvalue weighted by Gasteiger charge is -2.19. The smallest absolute Gasteiger partial charge is 0.224 e. The molecule has 0 fully saturated rings. The average molecular weight is 258 g/mol. The number of aryl methyl sites for hydroxylation is 1. The van der Waals surface area contributed by atoms with Gasteiger partial charge in [-0.1, -0.05) is 18.2 Å². The lowest BCUT2D eigenvalue weighted by Crippen LogP contribution is -2.19. The van der Waals surface area contributed by atoms with Crippen molar-refractivity contribution in [2.75, 3.05) is 5.32 Å². The first-order chi connectivity index (χ1) is 8.74. The van der Waals surface area contributed by atoms with Crippen molar-refractivity contribution in [3.05, 3.63) is 51.7 Å². The fraction of sp³-hybridized carbons (Fsp3) is 0.214. The van der Waals surface area contributed by atoms with Crippen molar-refractivity contribution in [2.24, 2.45) is 5.73 Å². The van der Waals surface area contributed by atoms with Crippen LogP contribution in [0.25, 0.3) is 0 Å². The third-order valence-corrected chi connectivity index (χ3v) is 4.19. The zero-order valence-electron chi connectivity index (χ0n) is 9.85. The topological polar surface area (TPSA) is 55.1 Å². The highest BCUT2D eigenvalue weighted by Gasteiger charge is 2.17. The summed E-state index contributed by atoms with van der Waals surface area (Å²) in [6.07, 6.45) is 1.36. The Bertz CT molecular complexity index is 577. The number of thiophene rings is 1. The van der Waals surface area contributed by atoms with Gasteiger partial charge in [0.1, 0.15) is 0 Å². The highest BCUT2D eigenvalue weighted by Crippen LogP contribution is 2.29. The number of hydrogen-bond acceptors (Lipinski definition) is 3. The number of amides is 1. The van der Waals surface area contributed by atoms with Crippen LogP contribution in [0.15, 0.2) is 35.7 Å². The third kappa shape index (κ3) is 2.05. The Labute approximate surface area is 110 Å². The van der Waals surface area contributed by atoms with E-state index in [1.54, 1.807) is 11.3 Å². The molecule has 92 valence electrons. The van der Waals surface area contributed by atoms with Gasteiger partial charge in [-0.15, -0.1) is 11.3 Å². The maximum Gasteiger partial charge on any atom is 0.224 e. The fourth-order valence-electron chi connectivity index (χ4n) is 2.23. The van der Waals surface area contributed by atoms with Crippen LogP contribution < -0.4 is 11.1 Å². The highest BCUT2D eigenvalue weighted by atomic mass is 32.1. The Morgan fingerprint density at radius 1 is 1.28 bits per heavy atom. The van der Waals surface area contributed by atoms with Gasteiger partial charge in [-0.3, -0.25) is 4.79 Å². The molecule has 2 heterocycles. The Hall–Kier alpha value is -1.65. The Morgan fingerprint density at radius 2 is 2.17 bits per heavy atom. The van der Waals surface area contributed by atoms with Crippen LogP contribution in [-0.4, -0.2) is 5.91 Å². The van der Waals surface area contributed by atoms with Gasteiger partial charge in [-0.2, -0.15) is 0 Å². The van der Waals surface area contributed by atoms with E-state index in [4.69, 9.17) is 5.73 Å². The van der Waals surface area contributed by atoms with Crippen LogP contribution in [0, 0.1) is 0 Å². The summed E-state index contributed by atoms with van der Waals surface area (Å²) in [4.78, 5) is 12.5. The van der Waals surface area contributed by atoms with E-state index in [9.17, 15) is 4.79 Å². The largest absolute Gasteiger partial charge is 0.326 e. The summed E-state index contributed by atoms with van der Waals surface area (Å²) < 4.78 is 0. The molecule has 3 rings (SSSR count). The van der Waals surface area contributed by atoms with Crippen LogP contribution in [-0.2, 0) is 11.2 Å². The maximum absolute atomic E-state index is 11.3. The zero-order valence-corrected chi connectivity index (χ0v) is 10.7. The van der Waals surface area contributed by atoms with Crippen LogP contribution in [0.4, 0.5) is 5.69 Å². The molecule has 3 N–H and O–H groups in total. The number of fused-ring (bicyclic) bond motifs is 1. The molecule has 1 aromatic carbocycles. The number of nitrogens with one attached hydrogen (secondary N) is 1. The number of anilines is 1. The highest BCUT2D eigenvalue weighted by molar-refractivity contribution is 7.10. The summed E-state index contributed by atoms with van der Waals surface area (Å²) in [5.74, 6) is 0.0952. The number of carbonyl (C=O) groups is 1. The number of benzene rings is 1. The minimum atomic E-state index is -0.0760. The van der Waals surface area contributed by atoms with E-state index in [2.05, 4.69) is 17.4 Å². The molecule has 3 nitrogen and oxygen atoms in total. The molecule has 0 spiro atoms. The second-order valence-electron chi connectivity index (χ2n) is 4.46. The molecule has 1 aliphatic heterocycles. The van der Waals surface area contributed by atoms with Crippen LogP contribution in [0.5, 0.6) is 0 Å². The quantitative estimate of drug-likeness (QED) is 0.870. The van der Waals surface area contributed by atoms with Gasteiger partial charge >= 0.3 is 0 Å². The van der Waals surface area contributed by atoms with Crippen molar-refractivity contribution in [3.63, 3.8) is 0 Å². The third-order valence-electron chi connectivity index (χ3n) is 3.23. The second kappa shape index (κ2) is 4.55. The Balaban J connectivity index is 1.93. The van der Waals surface area contributed by atoms with Gasteiger partial charge in [0.2, 0.25) is 5.91 Å². The number of nitrogens with two attached hydrogens (primary N) is 1. The van der Waals surface area contributed by atoms with Crippen molar-refractivity contribution in [2.45, 2.75) is 18.9 Å². The number of carbonyl (C=O) groups excluding carboxylic acids is 1. The van der Waals surface area contributed by atoms with Gasteiger partial charge in [0.15, 0.2) is 0 Å². The number of hydrogen-bond donors (Lipinski definition) is 2. The van der Waals surface area contributed by atoms with Crippen molar-refractivity contribution < 1.29 is 4.79 Å². The summed E-state index contributed by atoms with van der Waals surface area (Å²) >= 11 is 1.67. The Morgan fingerprint density at radius 3 is 2.94 bits per heavy atom. The maximum atomic E-state index is 11.3. The minimum absolute atomic E-state index is 0.0760. The van der Waals surface area contributed by atoms with Crippen LogP contribution in [0.2, 0.25) is 0 Å². The number of rotatable bonds is 2. The molecule has 0 saturated heterocycles. The van der Waals surface area contributed by atoms with Crippen LogP contribution >= 0.6 is 11.3 Å². The lowest BCUT2D eigenvalue weighted by atomic mass is 9.97. The molecule has 1 aliphatic rings. The summed E-state index contributed by atoms with van der Waals surface area (Å²) in [5.41, 5.74) is 9.45. The van der Waals surface area contributed by atoms with Gasteiger partial charge < -0.3 is 11.1 Å². The molecule has 18 heavy (non-hydrogen) atoms. The summed E-state index contributed by atoms with van der Waals surface area (Å²) in [6, 6.07) is 10.0. The van der Waals surface area contributed by atoms with Gasteiger partial charge in [0.05, 0.1) is 6.04 Å². The zero-order chi connectivity index (χ0) is 12.5. The van der Waals surface area contributed by atoms with E-state index in [1.165, 1.54) is 5.56 Å². The molecule has 0 saturated carbocycles. The molecule has 0 radical (unpaired) electrons. The van der Waals surface area contributed by atoms with E-state index in [1.807, 2.05) is 23.6 Å². The summed E-state index contributed by atoms with van der Waals surface area (Å²) in [6.45, 7) is 0. The molecular formula is C14H14N2OS. The van der Waals surface area contributed by atoms with Crippen molar-refractivity contribution in [3.8, 4) is 0 Å². The molecule has 4 heteroatoms. The molecular weight excluding hydrogens is 244 g/mol. The SMILES string of the molecule is NC(c1ccc2c(c1)CCC(=O)N2)c1cccs1. The van der Waals surface area contributed by atoms with Gasteiger partial charge in [0, 0.05) is 17.0 Å². The average Bonchev–Trinajstić information content (AvgIpc) is 2.91. The predicted molar refractivity (Wildman–Crippen MR) is 73.7 cm³/mol. The van der Waals surface area contributed by atoms with Crippen molar-refractivity contribution in [1.82, 2.24) is 0 Å². The van der Waals surface area contributed by atoms with Gasteiger partial charge in [-0.25, -0.2) is 0 Å². The standard InChI is InChI=1S/C14H14N2OS/c15-14(12-2-1-7-18-12)10-3-5-11-9(8-10)4-6-13(17)16-11/h1-3,5,7-8,14H,4,6,15H2,(H,16,17). The molecule has 1 amide bonds. The van der Waals surface area contributed by atoms with Gasteiger partial charge in [0.25, 0.3) is 0 Å². The first kappa shape index (κ1) is 11.4. The molecule has 1 atom stereocenters.